The lowest BCUT2D eigenvalue weighted by Gasteiger charge is -2.35. The summed E-state index contributed by atoms with van der Waals surface area (Å²) in [6, 6.07) is 1.92. The second-order valence-electron chi connectivity index (χ2n) is 8.54. The van der Waals surface area contributed by atoms with Gasteiger partial charge in [-0.15, -0.1) is 0 Å². The Kier molecular flexibility index (Phi) is 10.5. The van der Waals surface area contributed by atoms with Gasteiger partial charge in [0.05, 0.1) is 18.5 Å². The number of amides is 1. The lowest BCUT2D eigenvalue weighted by atomic mass is 9.83. The zero-order chi connectivity index (χ0) is 21.2. The Morgan fingerprint density at radius 1 is 1.11 bits per heavy atom. The quantitative estimate of drug-likeness (QED) is 0.433. The number of anilines is 1. The van der Waals surface area contributed by atoms with Crippen LogP contribution in [-0.4, -0.2) is 29.7 Å². The lowest BCUT2D eigenvalue weighted by Crippen LogP contribution is -2.48. The Morgan fingerprint density at radius 3 is 2.25 bits per heavy atom. The predicted molar refractivity (Wildman–Crippen MR) is 116 cm³/mol. The average Bonchev–Trinajstić information content (AvgIpc) is 2.60. The van der Waals surface area contributed by atoms with E-state index in [2.05, 4.69) is 51.8 Å². The van der Waals surface area contributed by atoms with Gasteiger partial charge in [-0.2, -0.15) is 0 Å². The SMILES string of the molecule is CCCCOc1ncc(NC(=O)C(CC(C)C)(CC(C)C)OCCC)cc1C. The van der Waals surface area contributed by atoms with Gasteiger partial charge in [0.25, 0.3) is 5.91 Å². The van der Waals surface area contributed by atoms with Crippen LogP contribution in [0.5, 0.6) is 5.88 Å². The second-order valence-corrected chi connectivity index (χ2v) is 8.54. The number of rotatable bonds is 13. The van der Waals surface area contributed by atoms with Crippen molar-refractivity contribution in [1.82, 2.24) is 4.98 Å². The lowest BCUT2D eigenvalue weighted by molar-refractivity contribution is -0.147. The van der Waals surface area contributed by atoms with Crippen LogP contribution >= 0.6 is 0 Å². The molecule has 160 valence electrons. The average molecular weight is 393 g/mol. The Bertz CT molecular complexity index is 590. The van der Waals surface area contributed by atoms with E-state index < -0.39 is 5.60 Å². The van der Waals surface area contributed by atoms with E-state index in [4.69, 9.17) is 9.47 Å². The first-order chi connectivity index (χ1) is 13.2. The second kappa shape index (κ2) is 12.1. The first kappa shape index (κ1) is 24.4. The van der Waals surface area contributed by atoms with E-state index in [-0.39, 0.29) is 5.91 Å². The first-order valence-electron chi connectivity index (χ1n) is 10.8. The van der Waals surface area contributed by atoms with Crippen molar-refractivity contribution in [2.45, 2.75) is 86.2 Å². The third-order valence-electron chi connectivity index (χ3n) is 4.50. The van der Waals surface area contributed by atoms with Crippen molar-refractivity contribution in [1.29, 1.82) is 0 Å². The molecule has 1 N–H and O–H groups in total. The van der Waals surface area contributed by atoms with Crippen LogP contribution in [0.2, 0.25) is 0 Å². The third-order valence-corrected chi connectivity index (χ3v) is 4.50. The monoisotopic (exact) mass is 392 g/mol. The number of nitrogens with zero attached hydrogens (tertiary/aromatic N) is 1. The minimum Gasteiger partial charge on any atom is -0.477 e. The molecule has 0 radical (unpaired) electrons. The molecular formula is C23H40N2O3. The van der Waals surface area contributed by atoms with Crippen LogP contribution in [0, 0.1) is 18.8 Å². The molecule has 0 aliphatic heterocycles. The number of carbonyl (C=O) groups is 1. The summed E-state index contributed by atoms with van der Waals surface area (Å²) in [5.74, 6) is 1.26. The number of hydrogen-bond acceptors (Lipinski definition) is 4. The number of hydrogen-bond donors (Lipinski definition) is 1. The largest absolute Gasteiger partial charge is 0.477 e. The molecular weight excluding hydrogens is 352 g/mol. The zero-order valence-electron chi connectivity index (χ0n) is 18.9. The molecule has 5 heteroatoms. The van der Waals surface area contributed by atoms with Crippen LogP contribution in [0.25, 0.3) is 0 Å². The topological polar surface area (TPSA) is 60.5 Å². The molecule has 28 heavy (non-hydrogen) atoms. The molecule has 1 aromatic heterocycles. The van der Waals surface area contributed by atoms with Crippen molar-refractivity contribution in [2.24, 2.45) is 11.8 Å². The molecule has 1 aromatic rings. The highest BCUT2D eigenvalue weighted by atomic mass is 16.5. The predicted octanol–water partition coefficient (Wildman–Crippen LogP) is 5.77. The van der Waals surface area contributed by atoms with Crippen molar-refractivity contribution in [3.05, 3.63) is 17.8 Å². The Hall–Kier alpha value is -1.62. The van der Waals surface area contributed by atoms with Crippen LogP contribution in [-0.2, 0) is 9.53 Å². The van der Waals surface area contributed by atoms with Gasteiger partial charge in [-0.1, -0.05) is 48.0 Å². The summed E-state index contributed by atoms with van der Waals surface area (Å²) in [5, 5.41) is 3.06. The van der Waals surface area contributed by atoms with Gasteiger partial charge >= 0.3 is 0 Å². The summed E-state index contributed by atoms with van der Waals surface area (Å²) in [6.07, 6.45) is 6.03. The fraction of sp³-hybridized carbons (Fsp3) is 0.739. The minimum absolute atomic E-state index is 0.0794. The number of carbonyl (C=O) groups excluding carboxylic acids is 1. The molecule has 0 atom stereocenters. The molecule has 1 rings (SSSR count). The molecule has 0 saturated heterocycles. The Balaban J connectivity index is 3.00. The van der Waals surface area contributed by atoms with E-state index in [1.165, 1.54) is 0 Å². The third kappa shape index (κ3) is 7.78. The van der Waals surface area contributed by atoms with E-state index in [1.807, 2.05) is 13.0 Å². The molecule has 0 saturated carbocycles. The van der Waals surface area contributed by atoms with Crippen LogP contribution in [0.1, 0.15) is 79.2 Å². The summed E-state index contributed by atoms with van der Waals surface area (Å²) >= 11 is 0. The van der Waals surface area contributed by atoms with Crippen LogP contribution < -0.4 is 10.1 Å². The van der Waals surface area contributed by atoms with Gasteiger partial charge in [0, 0.05) is 12.2 Å². The van der Waals surface area contributed by atoms with Crippen molar-refractivity contribution in [2.75, 3.05) is 18.5 Å². The first-order valence-corrected chi connectivity index (χ1v) is 10.8. The molecule has 0 unspecified atom stereocenters. The normalized spacial score (nSPS) is 11.9. The fourth-order valence-electron chi connectivity index (χ4n) is 3.41. The van der Waals surface area contributed by atoms with Crippen molar-refractivity contribution >= 4 is 11.6 Å². The highest BCUT2D eigenvalue weighted by Crippen LogP contribution is 2.31. The molecule has 0 fully saturated rings. The van der Waals surface area contributed by atoms with Gasteiger partial charge in [0.1, 0.15) is 5.60 Å². The maximum atomic E-state index is 13.3. The minimum atomic E-state index is -0.817. The summed E-state index contributed by atoms with van der Waals surface area (Å²) in [4.78, 5) is 17.7. The Labute approximate surface area is 171 Å². The van der Waals surface area contributed by atoms with Crippen molar-refractivity contribution < 1.29 is 14.3 Å². The number of aromatic nitrogens is 1. The zero-order valence-corrected chi connectivity index (χ0v) is 18.9. The van der Waals surface area contributed by atoms with Crippen molar-refractivity contribution in [3.63, 3.8) is 0 Å². The van der Waals surface area contributed by atoms with E-state index in [9.17, 15) is 4.79 Å². The van der Waals surface area contributed by atoms with Crippen molar-refractivity contribution in [3.8, 4) is 5.88 Å². The van der Waals surface area contributed by atoms with Gasteiger partial charge in [0.2, 0.25) is 5.88 Å². The molecule has 0 aromatic carbocycles. The van der Waals surface area contributed by atoms with Crippen LogP contribution in [0.15, 0.2) is 12.3 Å². The number of ether oxygens (including phenoxy) is 2. The molecule has 0 aliphatic carbocycles. The molecule has 1 amide bonds. The van der Waals surface area contributed by atoms with Crippen LogP contribution in [0.3, 0.4) is 0 Å². The molecule has 0 spiro atoms. The van der Waals surface area contributed by atoms with E-state index >= 15 is 0 Å². The van der Waals surface area contributed by atoms with Gasteiger partial charge in [-0.25, -0.2) is 4.98 Å². The number of aryl methyl sites for hydroxylation is 1. The highest BCUT2D eigenvalue weighted by Gasteiger charge is 2.40. The molecule has 5 nitrogen and oxygen atoms in total. The fourth-order valence-corrected chi connectivity index (χ4v) is 3.41. The maximum absolute atomic E-state index is 13.3. The van der Waals surface area contributed by atoms with Gasteiger partial charge < -0.3 is 14.8 Å². The molecule has 1 heterocycles. The van der Waals surface area contributed by atoms with Crippen LogP contribution in [0.4, 0.5) is 5.69 Å². The number of unbranched alkanes of at least 4 members (excludes halogenated alkanes) is 1. The summed E-state index contributed by atoms with van der Waals surface area (Å²) in [7, 11) is 0. The molecule has 0 bridgehead atoms. The number of nitrogens with one attached hydrogen (secondary N) is 1. The van der Waals surface area contributed by atoms with E-state index in [0.717, 1.165) is 24.8 Å². The summed E-state index contributed by atoms with van der Waals surface area (Å²) < 4.78 is 11.9. The standard InChI is InChI=1S/C23H40N2O3/c1-8-10-12-27-21-19(7)13-20(16-24-21)25-22(26)23(14-17(3)4,15-18(5)6)28-11-9-2/h13,16-18H,8-12,14-15H2,1-7H3,(H,25,26). The summed E-state index contributed by atoms with van der Waals surface area (Å²) in [5.41, 5.74) is 0.784. The highest BCUT2D eigenvalue weighted by molar-refractivity contribution is 5.97. The summed E-state index contributed by atoms with van der Waals surface area (Å²) in [6.45, 7) is 15.9. The van der Waals surface area contributed by atoms with Gasteiger partial charge in [-0.3, -0.25) is 4.79 Å². The maximum Gasteiger partial charge on any atom is 0.256 e. The van der Waals surface area contributed by atoms with E-state index in [0.29, 0.717) is 49.5 Å². The smallest absolute Gasteiger partial charge is 0.256 e. The van der Waals surface area contributed by atoms with Gasteiger partial charge in [0.15, 0.2) is 0 Å². The van der Waals surface area contributed by atoms with E-state index in [1.54, 1.807) is 6.20 Å². The van der Waals surface area contributed by atoms with Gasteiger partial charge in [-0.05, 0) is 50.5 Å². The Morgan fingerprint density at radius 2 is 1.75 bits per heavy atom. The molecule has 0 aliphatic rings. The number of pyridine rings is 1.